The van der Waals surface area contributed by atoms with Crippen LogP contribution in [0.25, 0.3) is 0 Å². The van der Waals surface area contributed by atoms with Crippen molar-refractivity contribution in [2.24, 2.45) is 0 Å². The van der Waals surface area contributed by atoms with Crippen LogP contribution in [-0.2, 0) is 6.54 Å². The minimum absolute atomic E-state index is 0.201. The first-order chi connectivity index (χ1) is 7.38. The zero-order chi connectivity index (χ0) is 12.2. The molecule has 0 bridgehead atoms. The van der Waals surface area contributed by atoms with Gasteiger partial charge in [-0.05, 0) is 40.8 Å². The number of nitrogens with zero attached hydrogens (tertiary/aromatic N) is 1. The van der Waals surface area contributed by atoms with E-state index in [4.69, 9.17) is 4.42 Å². The summed E-state index contributed by atoms with van der Waals surface area (Å²) in [6.45, 7) is 11.6. The highest BCUT2D eigenvalue weighted by Crippen LogP contribution is 2.10. The van der Waals surface area contributed by atoms with E-state index < -0.39 is 0 Å². The molecule has 1 aromatic heterocycles. The highest BCUT2D eigenvalue weighted by atomic mass is 16.3. The highest BCUT2D eigenvalue weighted by Gasteiger charge is 2.09. The molecule has 0 spiro atoms. The van der Waals surface area contributed by atoms with E-state index in [-0.39, 0.29) is 5.54 Å². The average Bonchev–Trinajstić information content (AvgIpc) is 2.49. The molecule has 3 heteroatoms. The van der Waals surface area contributed by atoms with Gasteiger partial charge in [0.25, 0.3) is 0 Å². The van der Waals surface area contributed by atoms with Crippen LogP contribution in [-0.4, -0.2) is 30.6 Å². The van der Waals surface area contributed by atoms with Gasteiger partial charge in [-0.1, -0.05) is 0 Å². The Balaban J connectivity index is 2.26. The minimum atomic E-state index is 0.201. The molecule has 0 aliphatic heterocycles. The largest absolute Gasteiger partial charge is 0.469 e. The van der Waals surface area contributed by atoms with Crippen LogP contribution >= 0.6 is 0 Å². The van der Waals surface area contributed by atoms with E-state index in [0.717, 1.165) is 25.4 Å². The van der Waals surface area contributed by atoms with Gasteiger partial charge in [0.15, 0.2) is 0 Å². The lowest BCUT2D eigenvalue weighted by Gasteiger charge is -2.23. The maximum absolute atomic E-state index is 5.28. The summed E-state index contributed by atoms with van der Waals surface area (Å²) < 4.78 is 5.28. The number of likely N-dealkylation sites (N-methyl/N-ethyl adjacent to an activating group) is 1. The summed E-state index contributed by atoms with van der Waals surface area (Å²) in [5.74, 6) is 1.02. The molecule has 0 aliphatic carbocycles. The van der Waals surface area contributed by atoms with Gasteiger partial charge < -0.3 is 14.6 Å². The van der Waals surface area contributed by atoms with Crippen LogP contribution in [0.5, 0.6) is 0 Å². The van der Waals surface area contributed by atoms with Gasteiger partial charge in [-0.15, -0.1) is 0 Å². The molecule has 0 amide bonds. The lowest BCUT2D eigenvalue weighted by molar-refractivity contribution is 0.301. The molecule has 1 heterocycles. The average molecular weight is 224 g/mol. The van der Waals surface area contributed by atoms with E-state index in [9.17, 15) is 0 Å². The maximum atomic E-state index is 5.28. The second-order valence-electron chi connectivity index (χ2n) is 5.42. The predicted octanol–water partition coefficient (Wildman–Crippen LogP) is 2.41. The molecule has 0 unspecified atom stereocenters. The van der Waals surface area contributed by atoms with Gasteiger partial charge in [-0.2, -0.15) is 0 Å². The van der Waals surface area contributed by atoms with Gasteiger partial charge in [0.1, 0.15) is 5.76 Å². The van der Waals surface area contributed by atoms with Crippen molar-refractivity contribution in [1.82, 2.24) is 10.2 Å². The summed E-state index contributed by atoms with van der Waals surface area (Å²) in [4.78, 5) is 2.30. The van der Waals surface area contributed by atoms with Crippen molar-refractivity contribution in [1.29, 1.82) is 0 Å². The summed E-state index contributed by atoms with van der Waals surface area (Å²) >= 11 is 0. The zero-order valence-electron chi connectivity index (χ0n) is 11.1. The lowest BCUT2D eigenvalue weighted by atomic mass is 10.1. The Hall–Kier alpha value is -0.800. The van der Waals surface area contributed by atoms with Crippen molar-refractivity contribution in [3.05, 3.63) is 23.7 Å². The molecule has 0 saturated carbocycles. The van der Waals surface area contributed by atoms with Crippen molar-refractivity contribution < 1.29 is 4.42 Å². The van der Waals surface area contributed by atoms with Crippen molar-refractivity contribution in [2.45, 2.75) is 39.8 Å². The first kappa shape index (κ1) is 13.3. The fraction of sp³-hybridized carbons (Fsp3) is 0.692. The second kappa shape index (κ2) is 5.51. The molecule has 0 saturated heterocycles. The van der Waals surface area contributed by atoms with E-state index in [1.54, 1.807) is 6.26 Å². The fourth-order valence-electron chi connectivity index (χ4n) is 1.57. The maximum Gasteiger partial charge on any atom is 0.105 e. The molecule has 0 radical (unpaired) electrons. The highest BCUT2D eigenvalue weighted by molar-refractivity contribution is 5.14. The predicted molar refractivity (Wildman–Crippen MR) is 67.5 cm³/mol. The number of hydrogen-bond donors (Lipinski definition) is 1. The molecule has 0 aromatic carbocycles. The monoisotopic (exact) mass is 224 g/mol. The molecular formula is C13H24N2O. The van der Waals surface area contributed by atoms with E-state index in [2.05, 4.69) is 38.0 Å². The standard InChI is InChI=1S/C13H24N2O/c1-11-12(6-9-16-11)10-15(5)8-7-14-13(2,3)4/h6,9,14H,7-8,10H2,1-5H3. The Bertz CT molecular complexity index is 312. The van der Waals surface area contributed by atoms with E-state index in [1.165, 1.54) is 5.56 Å². The van der Waals surface area contributed by atoms with Gasteiger partial charge in [-0.3, -0.25) is 0 Å². The molecule has 3 nitrogen and oxygen atoms in total. The Kier molecular flexibility index (Phi) is 4.56. The van der Waals surface area contributed by atoms with Crippen LogP contribution in [0, 0.1) is 6.92 Å². The number of hydrogen-bond acceptors (Lipinski definition) is 3. The SMILES string of the molecule is Cc1occc1CN(C)CCNC(C)(C)C. The van der Waals surface area contributed by atoms with E-state index in [1.807, 2.05) is 13.0 Å². The Morgan fingerprint density at radius 3 is 2.56 bits per heavy atom. The molecule has 0 atom stereocenters. The Labute approximate surface area is 98.8 Å². The van der Waals surface area contributed by atoms with E-state index in [0.29, 0.717) is 0 Å². The zero-order valence-corrected chi connectivity index (χ0v) is 11.1. The summed E-state index contributed by atoms with van der Waals surface area (Å²) in [6.07, 6.45) is 1.76. The number of nitrogens with one attached hydrogen (secondary N) is 1. The van der Waals surface area contributed by atoms with Crippen LogP contribution in [0.3, 0.4) is 0 Å². The van der Waals surface area contributed by atoms with Crippen LogP contribution in [0.15, 0.2) is 16.7 Å². The topological polar surface area (TPSA) is 28.4 Å². The summed E-state index contributed by atoms with van der Waals surface area (Å²) in [6, 6.07) is 2.04. The number of furan rings is 1. The summed E-state index contributed by atoms with van der Waals surface area (Å²) in [7, 11) is 2.14. The van der Waals surface area contributed by atoms with Crippen molar-refractivity contribution in [3.63, 3.8) is 0 Å². The van der Waals surface area contributed by atoms with Crippen LogP contribution in [0.1, 0.15) is 32.1 Å². The van der Waals surface area contributed by atoms with Gasteiger partial charge in [-0.25, -0.2) is 0 Å². The molecule has 1 aromatic rings. The van der Waals surface area contributed by atoms with Crippen LogP contribution in [0.4, 0.5) is 0 Å². The third kappa shape index (κ3) is 4.81. The molecule has 16 heavy (non-hydrogen) atoms. The summed E-state index contributed by atoms with van der Waals surface area (Å²) in [5, 5.41) is 3.48. The van der Waals surface area contributed by atoms with Crippen molar-refractivity contribution >= 4 is 0 Å². The third-order valence-electron chi connectivity index (χ3n) is 2.56. The minimum Gasteiger partial charge on any atom is -0.469 e. The van der Waals surface area contributed by atoms with Gasteiger partial charge in [0, 0.05) is 30.7 Å². The molecule has 0 aliphatic rings. The first-order valence-electron chi connectivity index (χ1n) is 5.85. The Morgan fingerprint density at radius 1 is 1.38 bits per heavy atom. The van der Waals surface area contributed by atoms with E-state index >= 15 is 0 Å². The molecule has 92 valence electrons. The summed E-state index contributed by atoms with van der Waals surface area (Å²) in [5.41, 5.74) is 1.48. The molecular weight excluding hydrogens is 200 g/mol. The number of rotatable bonds is 5. The molecule has 1 N–H and O–H groups in total. The third-order valence-corrected chi connectivity index (χ3v) is 2.56. The Morgan fingerprint density at radius 2 is 2.06 bits per heavy atom. The van der Waals surface area contributed by atoms with Crippen LogP contribution < -0.4 is 5.32 Å². The quantitative estimate of drug-likeness (QED) is 0.832. The first-order valence-corrected chi connectivity index (χ1v) is 5.85. The van der Waals surface area contributed by atoms with Gasteiger partial charge in [0.2, 0.25) is 0 Å². The lowest BCUT2D eigenvalue weighted by Crippen LogP contribution is -2.40. The van der Waals surface area contributed by atoms with Crippen molar-refractivity contribution in [3.8, 4) is 0 Å². The van der Waals surface area contributed by atoms with Gasteiger partial charge >= 0.3 is 0 Å². The smallest absolute Gasteiger partial charge is 0.105 e. The molecule has 1 rings (SSSR count). The van der Waals surface area contributed by atoms with Crippen molar-refractivity contribution in [2.75, 3.05) is 20.1 Å². The fourth-order valence-corrected chi connectivity index (χ4v) is 1.57. The normalized spacial score (nSPS) is 12.4. The molecule has 0 fully saturated rings. The van der Waals surface area contributed by atoms with Crippen LogP contribution in [0.2, 0.25) is 0 Å². The second-order valence-corrected chi connectivity index (χ2v) is 5.42. The van der Waals surface area contributed by atoms with Gasteiger partial charge in [0.05, 0.1) is 6.26 Å². The number of aryl methyl sites for hydroxylation is 1.